The molecule has 1 N–H and O–H groups in total. The van der Waals surface area contributed by atoms with Gasteiger partial charge in [0.1, 0.15) is 6.61 Å². The van der Waals surface area contributed by atoms with Crippen molar-refractivity contribution in [3.05, 3.63) is 85.3 Å². The molecule has 0 spiro atoms. The molecule has 0 atom stereocenters. The number of hydrogen-bond acceptors (Lipinski definition) is 3. The summed E-state index contributed by atoms with van der Waals surface area (Å²) < 4.78 is 12.4. The Morgan fingerprint density at radius 3 is 2.36 bits per heavy atom. The van der Waals surface area contributed by atoms with Crippen LogP contribution in [0.25, 0.3) is 0 Å². The zero-order valence-corrected chi connectivity index (χ0v) is 18.8. The molecule has 0 saturated carbocycles. The van der Waals surface area contributed by atoms with Crippen molar-refractivity contribution >= 4 is 56.4 Å². The molecule has 0 aliphatic carbocycles. The van der Waals surface area contributed by atoms with E-state index in [2.05, 4.69) is 21.2 Å². The Balaban J connectivity index is 1.72. The lowest BCUT2D eigenvalue weighted by Crippen LogP contribution is -2.03. The third-order valence-corrected chi connectivity index (χ3v) is 5.41. The number of halogens is 4. The SMILES string of the molecule is COc1cc(CNc2ccc(Br)cc2)cc(Cl)c1OCc1ccc(Cl)cc1Cl. The van der Waals surface area contributed by atoms with Gasteiger partial charge in [-0.2, -0.15) is 0 Å². The van der Waals surface area contributed by atoms with Crippen LogP contribution in [0.3, 0.4) is 0 Å². The third-order valence-electron chi connectivity index (χ3n) is 4.02. The van der Waals surface area contributed by atoms with Gasteiger partial charge in [0.15, 0.2) is 11.5 Å². The molecular weight excluding hydrogens is 484 g/mol. The van der Waals surface area contributed by atoms with Crippen molar-refractivity contribution in [1.29, 1.82) is 0 Å². The number of ether oxygens (including phenoxy) is 2. The van der Waals surface area contributed by atoms with Crippen LogP contribution in [0.15, 0.2) is 59.1 Å². The molecule has 3 nitrogen and oxygen atoms in total. The molecule has 3 aromatic rings. The van der Waals surface area contributed by atoms with Gasteiger partial charge in [0, 0.05) is 32.3 Å². The van der Waals surface area contributed by atoms with E-state index in [1.807, 2.05) is 42.5 Å². The van der Waals surface area contributed by atoms with Crippen LogP contribution in [-0.2, 0) is 13.2 Å². The average Bonchev–Trinajstić information content (AvgIpc) is 2.67. The lowest BCUT2D eigenvalue weighted by molar-refractivity contribution is 0.284. The van der Waals surface area contributed by atoms with Crippen LogP contribution >= 0.6 is 50.7 Å². The molecule has 0 unspecified atom stereocenters. The largest absolute Gasteiger partial charge is 0.493 e. The lowest BCUT2D eigenvalue weighted by atomic mass is 10.2. The maximum atomic E-state index is 6.45. The van der Waals surface area contributed by atoms with E-state index in [1.54, 1.807) is 19.2 Å². The van der Waals surface area contributed by atoms with Gasteiger partial charge in [-0.15, -0.1) is 0 Å². The first-order chi connectivity index (χ1) is 13.5. The Labute approximate surface area is 187 Å². The van der Waals surface area contributed by atoms with Gasteiger partial charge in [-0.25, -0.2) is 0 Å². The van der Waals surface area contributed by atoms with Crippen LogP contribution in [0.4, 0.5) is 5.69 Å². The van der Waals surface area contributed by atoms with Crippen LogP contribution in [-0.4, -0.2) is 7.11 Å². The molecule has 0 aliphatic heterocycles. The average molecular weight is 502 g/mol. The normalized spacial score (nSPS) is 10.6. The van der Waals surface area contributed by atoms with Gasteiger partial charge in [-0.3, -0.25) is 0 Å². The maximum absolute atomic E-state index is 6.45. The van der Waals surface area contributed by atoms with E-state index in [0.717, 1.165) is 21.3 Å². The van der Waals surface area contributed by atoms with E-state index in [9.17, 15) is 0 Å². The Hall–Kier alpha value is -1.59. The van der Waals surface area contributed by atoms with Crippen molar-refractivity contribution in [2.24, 2.45) is 0 Å². The van der Waals surface area contributed by atoms with Crippen LogP contribution in [0.2, 0.25) is 15.1 Å². The number of benzene rings is 3. The monoisotopic (exact) mass is 499 g/mol. The number of rotatable bonds is 7. The summed E-state index contributed by atoms with van der Waals surface area (Å²) in [5.74, 6) is 1.03. The zero-order valence-electron chi connectivity index (χ0n) is 14.9. The molecule has 7 heteroatoms. The fourth-order valence-corrected chi connectivity index (χ4v) is 3.59. The molecule has 0 radical (unpaired) electrons. The van der Waals surface area contributed by atoms with E-state index in [0.29, 0.717) is 33.1 Å². The first-order valence-corrected chi connectivity index (χ1v) is 10.3. The minimum absolute atomic E-state index is 0.253. The van der Waals surface area contributed by atoms with Crippen molar-refractivity contribution in [2.45, 2.75) is 13.2 Å². The van der Waals surface area contributed by atoms with E-state index in [1.165, 1.54) is 0 Å². The highest BCUT2D eigenvalue weighted by molar-refractivity contribution is 9.10. The molecule has 0 aromatic heterocycles. The van der Waals surface area contributed by atoms with Crippen molar-refractivity contribution in [3.8, 4) is 11.5 Å². The second kappa shape index (κ2) is 9.75. The van der Waals surface area contributed by atoms with Gasteiger partial charge in [-0.1, -0.05) is 56.8 Å². The highest BCUT2D eigenvalue weighted by atomic mass is 79.9. The molecule has 0 heterocycles. The molecular formula is C21H17BrCl3NO2. The summed E-state index contributed by atoms with van der Waals surface area (Å²) in [7, 11) is 1.58. The fraction of sp³-hybridized carbons (Fsp3) is 0.143. The van der Waals surface area contributed by atoms with Crippen molar-refractivity contribution in [3.63, 3.8) is 0 Å². The molecule has 0 saturated heterocycles. The van der Waals surface area contributed by atoms with E-state index in [4.69, 9.17) is 44.3 Å². The molecule has 0 aliphatic rings. The highest BCUT2D eigenvalue weighted by Crippen LogP contribution is 2.37. The second-order valence-corrected chi connectivity index (χ2v) is 8.16. The molecule has 28 heavy (non-hydrogen) atoms. The van der Waals surface area contributed by atoms with Crippen LogP contribution in [0.1, 0.15) is 11.1 Å². The summed E-state index contributed by atoms with van der Waals surface area (Å²) >= 11 is 22.0. The quantitative estimate of drug-likeness (QED) is 0.361. The van der Waals surface area contributed by atoms with Crippen molar-refractivity contribution in [1.82, 2.24) is 0 Å². The lowest BCUT2D eigenvalue weighted by Gasteiger charge is -2.15. The Morgan fingerprint density at radius 2 is 1.68 bits per heavy atom. The summed E-state index contributed by atoms with van der Waals surface area (Å²) in [6, 6.07) is 17.0. The minimum atomic E-state index is 0.253. The second-order valence-electron chi connectivity index (χ2n) is 5.99. The van der Waals surface area contributed by atoms with E-state index < -0.39 is 0 Å². The minimum Gasteiger partial charge on any atom is -0.493 e. The van der Waals surface area contributed by atoms with Gasteiger partial charge in [0.05, 0.1) is 12.1 Å². The number of anilines is 1. The van der Waals surface area contributed by atoms with E-state index in [-0.39, 0.29) is 6.61 Å². The molecule has 146 valence electrons. The standard InChI is InChI=1S/C21H17BrCl3NO2/c1-27-20-9-13(11-26-17-6-3-15(22)4-7-17)8-19(25)21(20)28-12-14-2-5-16(23)10-18(14)24/h2-10,26H,11-12H2,1H3. The Bertz CT molecular complexity index is 965. The smallest absolute Gasteiger partial charge is 0.180 e. The van der Waals surface area contributed by atoms with Gasteiger partial charge in [-0.05, 0) is 54.1 Å². The summed E-state index contributed by atoms with van der Waals surface area (Å²) in [5.41, 5.74) is 2.79. The molecule has 0 bridgehead atoms. The first kappa shape index (κ1) is 21.1. The molecule has 3 aromatic carbocycles. The first-order valence-electron chi connectivity index (χ1n) is 8.39. The van der Waals surface area contributed by atoms with E-state index >= 15 is 0 Å². The van der Waals surface area contributed by atoms with Gasteiger partial charge >= 0.3 is 0 Å². The zero-order chi connectivity index (χ0) is 20.1. The third kappa shape index (κ3) is 5.48. The Kier molecular flexibility index (Phi) is 7.36. The van der Waals surface area contributed by atoms with Gasteiger partial charge in [0.2, 0.25) is 0 Å². The summed E-state index contributed by atoms with van der Waals surface area (Å²) in [5, 5.41) is 4.94. The summed E-state index contributed by atoms with van der Waals surface area (Å²) in [4.78, 5) is 0. The van der Waals surface area contributed by atoms with Crippen molar-refractivity contribution < 1.29 is 9.47 Å². The molecule has 0 amide bonds. The predicted octanol–water partition coefficient (Wildman–Crippen LogP) is 7.61. The number of nitrogens with one attached hydrogen (secondary N) is 1. The number of methoxy groups -OCH3 is 1. The maximum Gasteiger partial charge on any atom is 0.180 e. The molecule has 3 rings (SSSR count). The topological polar surface area (TPSA) is 30.5 Å². The van der Waals surface area contributed by atoms with Crippen molar-refractivity contribution in [2.75, 3.05) is 12.4 Å². The van der Waals surface area contributed by atoms with Crippen LogP contribution < -0.4 is 14.8 Å². The Morgan fingerprint density at radius 1 is 0.929 bits per heavy atom. The predicted molar refractivity (Wildman–Crippen MR) is 120 cm³/mol. The summed E-state index contributed by atoms with van der Waals surface area (Å²) in [6.07, 6.45) is 0. The number of hydrogen-bond donors (Lipinski definition) is 1. The highest BCUT2D eigenvalue weighted by Gasteiger charge is 2.13. The van der Waals surface area contributed by atoms with Gasteiger partial charge < -0.3 is 14.8 Å². The van der Waals surface area contributed by atoms with Crippen LogP contribution in [0.5, 0.6) is 11.5 Å². The summed E-state index contributed by atoms with van der Waals surface area (Å²) in [6.45, 7) is 0.851. The van der Waals surface area contributed by atoms with Gasteiger partial charge in [0.25, 0.3) is 0 Å². The fourth-order valence-electron chi connectivity index (χ4n) is 2.58. The van der Waals surface area contributed by atoms with Crippen LogP contribution in [0, 0.1) is 0 Å². The molecule has 0 fully saturated rings.